The van der Waals surface area contributed by atoms with Gasteiger partial charge in [-0.1, -0.05) is 12.1 Å². The highest BCUT2D eigenvalue weighted by atomic mass is 127. The number of amides is 1. The third kappa shape index (κ3) is 2.79. The second-order valence-electron chi connectivity index (χ2n) is 3.67. The molecule has 0 fully saturated rings. The van der Waals surface area contributed by atoms with Crippen LogP contribution in [0.1, 0.15) is 10.4 Å². The summed E-state index contributed by atoms with van der Waals surface area (Å²) in [5.41, 5.74) is 6.79. The molecule has 18 heavy (non-hydrogen) atoms. The van der Waals surface area contributed by atoms with Crippen molar-refractivity contribution in [2.24, 2.45) is 0 Å². The van der Waals surface area contributed by atoms with E-state index in [0.29, 0.717) is 11.3 Å². The van der Waals surface area contributed by atoms with E-state index in [1.54, 1.807) is 12.1 Å². The van der Waals surface area contributed by atoms with Gasteiger partial charge in [0.15, 0.2) is 0 Å². The molecule has 3 N–H and O–H groups in total. The molecule has 0 atom stereocenters. The lowest BCUT2D eigenvalue weighted by Gasteiger charge is -2.09. The van der Waals surface area contributed by atoms with Gasteiger partial charge in [0.05, 0.1) is 16.9 Å². The number of nitrogens with one attached hydrogen (secondary N) is 1. The summed E-state index contributed by atoms with van der Waals surface area (Å²) in [6.07, 6.45) is 0. The van der Waals surface area contributed by atoms with Crippen molar-refractivity contribution in [3.05, 3.63) is 57.4 Å². The Morgan fingerprint density at radius 2 is 1.94 bits per heavy atom. The summed E-state index contributed by atoms with van der Waals surface area (Å²) in [6, 6.07) is 11.1. The van der Waals surface area contributed by atoms with Gasteiger partial charge in [-0.3, -0.25) is 4.79 Å². The lowest BCUT2D eigenvalue weighted by atomic mass is 10.2. The van der Waals surface area contributed by atoms with Gasteiger partial charge in [-0.25, -0.2) is 4.39 Å². The molecule has 2 rings (SSSR count). The number of nitrogens with two attached hydrogens (primary N) is 1. The van der Waals surface area contributed by atoms with E-state index in [1.807, 2.05) is 12.1 Å². The first kappa shape index (κ1) is 12.8. The Hall–Kier alpha value is -1.63. The Labute approximate surface area is 117 Å². The number of hydrogen-bond acceptors (Lipinski definition) is 2. The Balaban J connectivity index is 2.24. The molecule has 0 bridgehead atoms. The zero-order valence-electron chi connectivity index (χ0n) is 9.28. The van der Waals surface area contributed by atoms with Gasteiger partial charge in [-0.05, 0) is 52.9 Å². The zero-order valence-corrected chi connectivity index (χ0v) is 11.4. The van der Waals surface area contributed by atoms with Crippen LogP contribution < -0.4 is 11.1 Å². The molecule has 5 heteroatoms. The van der Waals surface area contributed by atoms with Crippen LogP contribution in [0.5, 0.6) is 0 Å². The third-order valence-corrected chi connectivity index (χ3v) is 3.32. The van der Waals surface area contributed by atoms with Gasteiger partial charge in [0.25, 0.3) is 5.91 Å². The van der Waals surface area contributed by atoms with Crippen LogP contribution in [0.4, 0.5) is 15.8 Å². The molecular weight excluding hydrogens is 346 g/mol. The molecule has 0 saturated heterocycles. The Morgan fingerprint density at radius 3 is 2.61 bits per heavy atom. The second-order valence-corrected chi connectivity index (χ2v) is 4.83. The van der Waals surface area contributed by atoms with Crippen LogP contribution in [-0.2, 0) is 0 Å². The largest absolute Gasteiger partial charge is 0.397 e. The van der Waals surface area contributed by atoms with Crippen molar-refractivity contribution in [2.75, 3.05) is 11.1 Å². The summed E-state index contributed by atoms with van der Waals surface area (Å²) in [4.78, 5) is 12.0. The van der Waals surface area contributed by atoms with Crippen LogP contribution in [0, 0.1) is 9.39 Å². The number of nitrogen functional groups attached to an aromatic ring is 1. The Kier molecular flexibility index (Phi) is 3.81. The lowest BCUT2D eigenvalue weighted by molar-refractivity contribution is 0.102. The predicted octanol–water partition coefficient (Wildman–Crippen LogP) is 3.26. The smallest absolute Gasteiger partial charge is 0.256 e. The molecule has 0 aliphatic rings. The van der Waals surface area contributed by atoms with Crippen molar-refractivity contribution in [3.63, 3.8) is 0 Å². The van der Waals surface area contributed by atoms with Gasteiger partial charge in [-0.2, -0.15) is 0 Å². The summed E-state index contributed by atoms with van der Waals surface area (Å²) in [5, 5.41) is 2.66. The minimum absolute atomic E-state index is 0.203. The monoisotopic (exact) mass is 356 g/mol. The number of carbonyl (C=O) groups excluding carboxylic acids is 1. The SMILES string of the molecule is Nc1cc(F)ccc1NC(=O)c1ccccc1I. The number of halogens is 2. The third-order valence-electron chi connectivity index (χ3n) is 2.38. The maximum absolute atomic E-state index is 12.9. The van der Waals surface area contributed by atoms with Crippen molar-refractivity contribution >= 4 is 39.9 Å². The van der Waals surface area contributed by atoms with Crippen LogP contribution in [0.25, 0.3) is 0 Å². The average Bonchev–Trinajstić information content (AvgIpc) is 2.33. The minimum Gasteiger partial charge on any atom is -0.397 e. The summed E-state index contributed by atoms with van der Waals surface area (Å²) in [6.45, 7) is 0. The van der Waals surface area contributed by atoms with Crippen molar-refractivity contribution in [3.8, 4) is 0 Å². The van der Waals surface area contributed by atoms with E-state index in [-0.39, 0.29) is 11.6 Å². The van der Waals surface area contributed by atoms with Gasteiger partial charge in [0.2, 0.25) is 0 Å². The molecule has 2 aromatic carbocycles. The molecule has 0 aromatic heterocycles. The fourth-order valence-electron chi connectivity index (χ4n) is 1.48. The topological polar surface area (TPSA) is 55.1 Å². The van der Waals surface area contributed by atoms with E-state index < -0.39 is 5.82 Å². The van der Waals surface area contributed by atoms with Gasteiger partial charge in [0, 0.05) is 3.57 Å². The molecule has 3 nitrogen and oxygen atoms in total. The molecule has 2 aromatic rings. The maximum atomic E-state index is 12.9. The van der Waals surface area contributed by atoms with E-state index >= 15 is 0 Å². The lowest BCUT2D eigenvalue weighted by Crippen LogP contribution is -2.14. The summed E-state index contributed by atoms with van der Waals surface area (Å²) in [7, 11) is 0. The van der Waals surface area contributed by atoms with Crippen molar-refractivity contribution in [1.82, 2.24) is 0 Å². The summed E-state index contributed by atoms with van der Waals surface area (Å²) < 4.78 is 13.7. The first-order chi connectivity index (χ1) is 8.58. The highest BCUT2D eigenvalue weighted by Gasteiger charge is 2.11. The molecule has 0 heterocycles. The minimum atomic E-state index is -0.431. The van der Waals surface area contributed by atoms with E-state index in [2.05, 4.69) is 27.9 Å². The molecule has 0 aliphatic heterocycles. The van der Waals surface area contributed by atoms with Crippen LogP contribution in [-0.4, -0.2) is 5.91 Å². The first-order valence-corrected chi connectivity index (χ1v) is 6.26. The normalized spacial score (nSPS) is 10.1. The standard InChI is InChI=1S/C13H10FIN2O/c14-8-5-6-12(11(16)7-8)17-13(18)9-3-1-2-4-10(9)15/h1-7H,16H2,(H,17,18). The van der Waals surface area contributed by atoms with Crippen LogP contribution >= 0.6 is 22.6 Å². The summed E-state index contributed by atoms with van der Waals surface area (Å²) >= 11 is 2.08. The fraction of sp³-hybridized carbons (Fsp3) is 0. The van der Waals surface area contributed by atoms with E-state index in [9.17, 15) is 9.18 Å². The van der Waals surface area contributed by atoms with Gasteiger partial charge < -0.3 is 11.1 Å². The molecule has 92 valence electrons. The van der Waals surface area contributed by atoms with E-state index in [4.69, 9.17) is 5.73 Å². The fourth-order valence-corrected chi connectivity index (χ4v) is 2.11. The molecule has 0 radical (unpaired) electrons. The average molecular weight is 356 g/mol. The molecule has 0 spiro atoms. The van der Waals surface area contributed by atoms with Gasteiger partial charge >= 0.3 is 0 Å². The number of benzene rings is 2. The van der Waals surface area contributed by atoms with Crippen LogP contribution in [0.15, 0.2) is 42.5 Å². The number of carbonyl (C=O) groups is 1. The Morgan fingerprint density at radius 1 is 1.22 bits per heavy atom. The zero-order chi connectivity index (χ0) is 13.1. The highest BCUT2D eigenvalue weighted by Crippen LogP contribution is 2.21. The number of anilines is 2. The second kappa shape index (κ2) is 5.34. The predicted molar refractivity (Wildman–Crippen MR) is 77.9 cm³/mol. The van der Waals surface area contributed by atoms with Gasteiger partial charge in [0.1, 0.15) is 5.82 Å². The molecular formula is C13H10FIN2O. The Bertz CT molecular complexity index is 601. The molecule has 0 unspecified atom stereocenters. The molecule has 0 saturated carbocycles. The van der Waals surface area contributed by atoms with Gasteiger partial charge in [-0.15, -0.1) is 0 Å². The first-order valence-electron chi connectivity index (χ1n) is 5.19. The van der Waals surface area contributed by atoms with Crippen molar-refractivity contribution in [2.45, 2.75) is 0 Å². The maximum Gasteiger partial charge on any atom is 0.256 e. The summed E-state index contributed by atoms with van der Waals surface area (Å²) in [5.74, 6) is -0.696. The highest BCUT2D eigenvalue weighted by molar-refractivity contribution is 14.1. The van der Waals surface area contributed by atoms with E-state index in [0.717, 1.165) is 3.57 Å². The molecule has 1 amide bonds. The van der Waals surface area contributed by atoms with Crippen LogP contribution in [0.2, 0.25) is 0 Å². The van der Waals surface area contributed by atoms with Crippen molar-refractivity contribution < 1.29 is 9.18 Å². The number of hydrogen-bond donors (Lipinski definition) is 2. The quantitative estimate of drug-likeness (QED) is 0.641. The van der Waals surface area contributed by atoms with E-state index in [1.165, 1.54) is 18.2 Å². The molecule has 0 aliphatic carbocycles. The van der Waals surface area contributed by atoms with Crippen molar-refractivity contribution in [1.29, 1.82) is 0 Å². The number of rotatable bonds is 2. The van der Waals surface area contributed by atoms with Crippen LogP contribution in [0.3, 0.4) is 0 Å².